The second kappa shape index (κ2) is 16.2. The van der Waals surface area contributed by atoms with Crippen LogP contribution in [0, 0.1) is 0 Å². The minimum absolute atomic E-state index is 0.0804. The highest BCUT2D eigenvalue weighted by atomic mass is 16.7. The van der Waals surface area contributed by atoms with Crippen molar-refractivity contribution in [3.8, 4) is 57.3 Å². The second-order valence-corrected chi connectivity index (χ2v) is 12.8. The number of aliphatic hydroxyl groups excluding tert-OH is 7. The maximum Gasteiger partial charge on any atom is 0.402 e. The zero-order chi connectivity index (χ0) is 40.6. The Morgan fingerprint density at radius 2 is 1.29 bits per heavy atom. The fourth-order valence-corrected chi connectivity index (χ4v) is 5.88. The lowest BCUT2D eigenvalue weighted by Gasteiger charge is -2.40. The van der Waals surface area contributed by atoms with Gasteiger partial charge < -0.3 is 90.1 Å². The molecule has 20 heteroatoms. The third-order valence-electron chi connectivity index (χ3n) is 8.94. The molecule has 0 bridgehead atoms. The van der Waals surface area contributed by atoms with Crippen LogP contribution in [0.5, 0.6) is 46.0 Å². The van der Waals surface area contributed by atoms with E-state index < -0.39 is 109 Å². The van der Waals surface area contributed by atoms with E-state index in [0.717, 1.165) is 30.3 Å². The predicted molar refractivity (Wildman–Crippen MR) is 184 cm³/mol. The van der Waals surface area contributed by atoms with E-state index in [9.17, 15) is 71.2 Å². The van der Waals surface area contributed by atoms with Crippen molar-refractivity contribution >= 4 is 23.0 Å². The molecule has 0 unspecified atom stereocenters. The Morgan fingerprint density at radius 1 is 0.679 bits per heavy atom. The van der Waals surface area contributed by atoms with Gasteiger partial charge in [-0.05, 0) is 23.8 Å². The molecule has 0 radical (unpaired) electrons. The predicted octanol–water partition coefficient (Wildman–Crippen LogP) is -0.764. The molecule has 2 saturated heterocycles. The Hall–Kier alpha value is -5.68. The van der Waals surface area contributed by atoms with Crippen molar-refractivity contribution in [3.63, 3.8) is 0 Å². The van der Waals surface area contributed by atoms with Gasteiger partial charge in [-0.1, -0.05) is 6.07 Å². The minimum Gasteiger partial charge on any atom is -0.507 e. The maximum absolute atomic E-state index is 12.4. The molecule has 2 aliphatic heterocycles. The van der Waals surface area contributed by atoms with Crippen molar-refractivity contribution < 1.29 is 99.3 Å². The van der Waals surface area contributed by atoms with Crippen LogP contribution in [0.1, 0.15) is 5.56 Å². The standard InChI is InChI=1S/C36H36O20/c37-11-24-28(45)30(47)32(49)36(55-24)54-23-10-16-21(52-34(23)14-6-19(41)27(44)20(42)7-14)8-15(38)9-22(16)53-35-33(50)31(48)29(46)25(56-35)12-51-26(43)4-2-13-1-3-17(39)18(40)5-13/h1-10,24-25,28-33,35-37,45-50H,11-12H2,(H5-,38,39,40,41,42,43,44)/p+1/t24-,25-,28-,29-,30+,31+,32-,33-,35-,36-/m1/s1. The number of hydrogen-bond acceptors (Lipinski definition) is 19. The molecule has 2 fully saturated rings. The van der Waals surface area contributed by atoms with Crippen LogP contribution in [0.25, 0.3) is 28.4 Å². The number of aromatic hydroxyl groups is 6. The Kier molecular flexibility index (Phi) is 11.6. The first-order valence-corrected chi connectivity index (χ1v) is 16.7. The summed E-state index contributed by atoms with van der Waals surface area (Å²) in [5.74, 6) is -5.77. The van der Waals surface area contributed by atoms with Crippen molar-refractivity contribution in [2.45, 2.75) is 61.4 Å². The van der Waals surface area contributed by atoms with Crippen LogP contribution in [0.3, 0.4) is 0 Å². The van der Waals surface area contributed by atoms with E-state index in [1.54, 1.807) is 0 Å². The number of ether oxygens (including phenoxy) is 5. The van der Waals surface area contributed by atoms with Gasteiger partial charge in [0.25, 0.3) is 0 Å². The highest BCUT2D eigenvalue weighted by molar-refractivity contribution is 5.89. The molecular weight excluding hydrogens is 752 g/mol. The summed E-state index contributed by atoms with van der Waals surface area (Å²) in [6, 6.07) is 8.99. The van der Waals surface area contributed by atoms with Crippen LogP contribution >= 0.6 is 0 Å². The summed E-state index contributed by atoms with van der Waals surface area (Å²) < 4.78 is 34.0. The number of phenolic OH excluding ortho intramolecular Hbond substituents is 6. The average molecular weight is 790 g/mol. The molecule has 10 atom stereocenters. The molecule has 0 spiro atoms. The molecule has 20 nitrogen and oxygen atoms in total. The summed E-state index contributed by atoms with van der Waals surface area (Å²) in [5, 5.41) is 133. The Labute approximate surface area is 314 Å². The van der Waals surface area contributed by atoms with E-state index in [0.29, 0.717) is 5.56 Å². The maximum atomic E-state index is 12.4. The zero-order valence-electron chi connectivity index (χ0n) is 28.6. The van der Waals surface area contributed by atoms with Gasteiger partial charge in [0.05, 0.1) is 18.2 Å². The minimum atomic E-state index is -1.94. The van der Waals surface area contributed by atoms with E-state index >= 15 is 0 Å². The van der Waals surface area contributed by atoms with Crippen molar-refractivity contribution in [1.29, 1.82) is 0 Å². The molecule has 4 aromatic rings. The lowest BCUT2D eigenvalue weighted by Crippen LogP contribution is -2.60. The first-order valence-electron chi connectivity index (χ1n) is 16.7. The molecule has 6 rings (SSSR count). The summed E-state index contributed by atoms with van der Waals surface area (Å²) in [6.45, 7) is -1.47. The summed E-state index contributed by atoms with van der Waals surface area (Å²) >= 11 is 0. The summed E-state index contributed by atoms with van der Waals surface area (Å²) in [5.41, 5.74) is -0.0217. The number of carbonyl (C=O) groups is 1. The monoisotopic (exact) mass is 789 g/mol. The number of hydrogen-bond donors (Lipinski definition) is 13. The molecule has 0 amide bonds. The molecule has 2 aliphatic rings. The van der Waals surface area contributed by atoms with Crippen molar-refractivity contribution in [3.05, 3.63) is 60.2 Å². The smallest absolute Gasteiger partial charge is 0.402 e. The topological polar surface area (TPSA) is 338 Å². The van der Waals surface area contributed by atoms with E-state index in [-0.39, 0.29) is 39.5 Å². The lowest BCUT2D eigenvalue weighted by atomic mass is 9.99. The second-order valence-electron chi connectivity index (χ2n) is 12.8. The van der Waals surface area contributed by atoms with Gasteiger partial charge >= 0.3 is 17.3 Å². The van der Waals surface area contributed by atoms with Gasteiger partial charge in [0, 0.05) is 30.3 Å². The molecule has 1 aromatic heterocycles. The fourth-order valence-electron chi connectivity index (χ4n) is 5.88. The number of benzene rings is 3. The van der Waals surface area contributed by atoms with E-state index in [1.165, 1.54) is 30.3 Å². The quantitative estimate of drug-likeness (QED) is 0.0406. The van der Waals surface area contributed by atoms with Gasteiger partial charge in [0.1, 0.15) is 72.3 Å². The highest BCUT2D eigenvalue weighted by Gasteiger charge is 2.47. The van der Waals surface area contributed by atoms with E-state index in [4.69, 9.17) is 28.1 Å². The summed E-state index contributed by atoms with van der Waals surface area (Å²) in [4.78, 5) is 12.4. The largest absolute Gasteiger partial charge is 0.507 e. The fraction of sp³-hybridized carbons (Fsp3) is 0.333. The van der Waals surface area contributed by atoms with Crippen molar-refractivity contribution in [1.82, 2.24) is 0 Å². The number of rotatable bonds is 10. The van der Waals surface area contributed by atoms with Gasteiger partial charge in [-0.3, -0.25) is 0 Å². The van der Waals surface area contributed by atoms with Crippen molar-refractivity contribution in [2.75, 3.05) is 13.2 Å². The molecule has 3 aromatic carbocycles. The Balaban J connectivity index is 1.31. The first kappa shape index (κ1) is 40.0. The summed E-state index contributed by atoms with van der Waals surface area (Å²) in [7, 11) is 0. The first-order chi connectivity index (χ1) is 26.6. The summed E-state index contributed by atoms with van der Waals surface area (Å²) in [6.07, 6.45) is -15.5. The molecule has 3 heterocycles. The van der Waals surface area contributed by atoms with Gasteiger partial charge in [-0.15, -0.1) is 0 Å². The molecule has 0 aliphatic carbocycles. The van der Waals surface area contributed by atoms with Crippen molar-refractivity contribution in [2.24, 2.45) is 0 Å². The van der Waals surface area contributed by atoms with Crippen LogP contribution in [0.2, 0.25) is 0 Å². The lowest BCUT2D eigenvalue weighted by molar-refractivity contribution is -0.278. The van der Waals surface area contributed by atoms with E-state index in [2.05, 4.69) is 0 Å². The van der Waals surface area contributed by atoms with Crippen LogP contribution in [0.4, 0.5) is 0 Å². The van der Waals surface area contributed by atoms with Gasteiger partial charge in [0.2, 0.25) is 18.3 Å². The number of carbonyl (C=O) groups excluding carboxylic acids is 1. The third kappa shape index (κ3) is 8.14. The third-order valence-corrected chi connectivity index (χ3v) is 8.94. The van der Waals surface area contributed by atoms with E-state index in [1.807, 2.05) is 0 Å². The SMILES string of the molecule is O=C(C=Cc1ccc(O)c(O)c1)OC[C@H]1O[C@@H](Oc2cc(O)cc3[o+]c(-c4cc(O)c(O)c(O)c4)c(O[C@@H]4O[C@H](CO)[C@@H](O)[C@H](O)[C@H]4O)cc23)[C@H](O)[C@@H](O)[C@@H]1O. The number of phenols is 6. The molecule has 13 N–H and O–H groups in total. The van der Waals surface area contributed by atoms with Gasteiger partial charge in [-0.25, -0.2) is 9.21 Å². The molecule has 0 saturated carbocycles. The molecule has 300 valence electrons. The average Bonchev–Trinajstić information content (AvgIpc) is 3.16. The van der Waals surface area contributed by atoms with Crippen LogP contribution in [-0.2, 0) is 19.0 Å². The Morgan fingerprint density at radius 3 is 1.91 bits per heavy atom. The molecular formula is C36H37O20+. The van der Waals surface area contributed by atoms with Crippen LogP contribution in [0.15, 0.2) is 59.0 Å². The Bertz CT molecular complexity index is 2080. The van der Waals surface area contributed by atoms with Crippen LogP contribution in [-0.4, -0.2) is 147 Å². The zero-order valence-corrected chi connectivity index (χ0v) is 28.6. The highest BCUT2D eigenvalue weighted by Crippen LogP contribution is 2.45. The van der Waals surface area contributed by atoms with Gasteiger partial charge in [0.15, 0.2) is 28.7 Å². The molecule has 56 heavy (non-hydrogen) atoms. The van der Waals surface area contributed by atoms with Gasteiger partial charge in [-0.2, -0.15) is 0 Å². The normalized spacial score (nSPS) is 28.0. The number of aliphatic hydroxyl groups is 7. The number of esters is 1. The van der Waals surface area contributed by atoms with Crippen LogP contribution < -0.4 is 9.47 Å². The number of fused-ring (bicyclic) bond motifs is 1.